The number of phenols is 1. The summed E-state index contributed by atoms with van der Waals surface area (Å²) in [6.07, 6.45) is -5.74. The van der Waals surface area contributed by atoms with Gasteiger partial charge in [0.2, 0.25) is 0 Å². The Labute approximate surface area is 269 Å². The zero-order chi connectivity index (χ0) is 32.1. The van der Waals surface area contributed by atoms with Crippen LogP contribution in [-0.4, -0.2) is 75.0 Å². The largest absolute Gasteiger partial charge is 0.508 e. The molecule has 2 atom stereocenters. The lowest BCUT2D eigenvalue weighted by Crippen LogP contribution is -2.54. The molecule has 5 aromatic rings. The number of rotatable bonds is 8. The van der Waals surface area contributed by atoms with Crippen molar-refractivity contribution in [3.8, 4) is 5.75 Å². The Hall–Kier alpha value is -3.31. The average molecular weight is 684 g/mol. The molecule has 238 valence electrons. The van der Waals surface area contributed by atoms with Crippen LogP contribution in [0.5, 0.6) is 5.75 Å². The van der Waals surface area contributed by atoms with E-state index in [1.807, 2.05) is 42.5 Å². The smallest absolute Gasteiger partial charge is 0.418 e. The van der Waals surface area contributed by atoms with Gasteiger partial charge in [-0.2, -0.15) is 13.2 Å². The van der Waals surface area contributed by atoms with Gasteiger partial charge in [0.25, 0.3) is 0 Å². The highest BCUT2D eigenvalue weighted by Crippen LogP contribution is 2.52. The molecule has 0 amide bonds. The molecule has 6 nitrogen and oxygen atoms in total. The number of phenolic OH excluding ortho intramolecular Hbond substituents is 1. The maximum atomic E-state index is 15.5. The molecular formula is C35H38BrF3N4O2. The molecule has 0 saturated carbocycles. The fourth-order valence-corrected chi connectivity index (χ4v) is 7.20. The Balaban J connectivity index is 1.46. The number of likely N-dealkylation sites (N-methyl/N-ethyl adjacent to an activating group) is 1. The standard InChI is InChI=1S/C35H38BrF3N4O2/c1-33(2,26-19-25(36)9-11-31(26)44)21-34(45,35(37,38)39)32(29-17-23-6-4-5-7-27(23)40-29)30-18-24-16-22(8-10-28(24)41-30)20-43-14-12-42(3)13-15-43/h4-11,16-19,32,40-41,44-45H,12-15,20-21H2,1-3H3. The molecule has 0 bridgehead atoms. The Morgan fingerprint density at radius 1 is 0.844 bits per heavy atom. The van der Waals surface area contributed by atoms with E-state index in [9.17, 15) is 10.2 Å². The van der Waals surface area contributed by atoms with Gasteiger partial charge in [0, 0.05) is 65.2 Å². The number of hydrogen-bond acceptors (Lipinski definition) is 4. The fourth-order valence-electron chi connectivity index (χ4n) is 6.84. The Morgan fingerprint density at radius 3 is 2.16 bits per heavy atom. The molecule has 1 aliphatic rings. The van der Waals surface area contributed by atoms with Gasteiger partial charge >= 0.3 is 6.18 Å². The molecule has 0 aliphatic carbocycles. The van der Waals surface area contributed by atoms with E-state index in [1.165, 1.54) is 6.07 Å². The van der Waals surface area contributed by atoms with E-state index in [1.54, 1.807) is 38.1 Å². The van der Waals surface area contributed by atoms with Crippen LogP contribution in [0.1, 0.15) is 48.7 Å². The number of hydrogen-bond donors (Lipinski definition) is 4. The van der Waals surface area contributed by atoms with Crippen molar-refractivity contribution in [2.75, 3.05) is 33.2 Å². The van der Waals surface area contributed by atoms with Gasteiger partial charge < -0.3 is 25.1 Å². The van der Waals surface area contributed by atoms with Crippen molar-refractivity contribution < 1.29 is 23.4 Å². The summed E-state index contributed by atoms with van der Waals surface area (Å²) in [6.45, 7) is 7.88. The van der Waals surface area contributed by atoms with Crippen molar-refractivity contribution in [3.05, 3.63) is 99.8 Å². The van der Waals surface area contributed by atoms with Crippen molar-refractivity contribution in [2.45, 2.75) is 49.9 Å². The van der Waals surface area contributed by atoms with Crippen LogP contribution in [0.4, 0.5) is 13.2 Å². The third-order valence-corrected chi connectivity index (χ3v) is 9.74. The molecule has 45 heavy (non-hydrogen) atoms. The van der Waals surface area contributed by atoms with Gasteiger partial charge in [-0.1, -0.05) is 54.0 Å². The number of aromatic nitrogens is 2. The number of alkyl halides is 3. The number of nitrogens with one attached hydrogen (secondary N) is 2. The molecule has 2 unspecified atom stereocenters. The summed E-state index contributed by atoms with van der Waals surface area (Å²) in [6, 6.07) is 21.3. The molecular weight excluding hydrogens is 645 g/mol. The van der Waals surface area contributed by atoms with Gasteiger partial charge in [0.15, 0.2) is 5.60 Å². The number of H-pyrrole nitrogens is 2. The topological polar surface area (TPSA) is 78.5 Å². The fraction of sp³-hybridized carbons (Fsp3) is 0.371. The first-order chi connectivity index (χ1) is 21.2. The quantitative estimate of drug-likeness (QED) is 0.136. The molecule has 3 aromatic carbocycles. The number of piperazine rings is 1. The second-order valence-corrected chi connectivity index (χ2v) is 14.0. The number of halogens is 4. The molecule has 1 fully saturated rings. The minimum Gasteiger partial charge on any atom is -0.508 e. The molecule has 2 aromatic heterocycles. The molecule has 0 radical (unpaired) electrons. The lowest BCUT2D eigenvalue weighted by atomic mass is 9.68. The maximum Gasteiger partial charge on any atom is 0.418 e. The first-order valence-electron chi connectivity index (χ1n) is 15.1. The number of fused-ring (bicyclic) bond motifs is 2. The lowest BCUT2D eigenvalue weighted by molar-refractivity contribution is -0.272. The van der Waals surface area contributed by atoms with Crippen LogP contribution >= 0.6 is 15.9 Å². The zero-order valence-electron chi connectivity index (χ0n) is 25.5. The highest BCUT2D eigenvalue weighted by Gasteiger charge is 2.62. The molecule has 10 heteroatoms. The van der Waals surface area contributed by atoms with Gasteiger partial charge in [-0.15, -0.1) is 0 Å². The van der Waals surface area contributed by atoms with Crippen LogP contribution in [0.15, 0.2) is 77.3 Å². The molecule has 0 spiro atoms. The lowest BCUT2D eigenvalue weighted by Gasteiger charge is -2.42. The SMILES string of the molecule is CN1CCN(Cc2ccc3[nH]c(C(c4cc5ccccc5[nH]4)C(O)(CC(C)(C)c4cc(Br)ccc4O)C(F)(F)F)cc3c2)CC1. The highest BCUT2D eigenvalue weighted by molar-refractivity contribution is 9.10. The first-order valence-corrected chi connectivity index (χ1v) is 15.9. The van der Waals surface area contributed by atoms with Gasteiger partial charge in [-0.3, -0.25) is 4.90 Å². The van der Waals surface area contributed by atoms with Crippen molar-refractivity contribution in [1.29, 1.82) is 0 Å². The van der Waals surface area contributed by atoms with Crippen LogP contribution in [0.25, 0.3) is 21.8 Å². The summed E-state index contributed by atoms with van der Waals surface area (Å²) in [7, 11) is 2.11. The van der Waals surface area contributed by atoms with E-state index in [0.29, 0.717) is 21.1 Å². The normalized spacial score (nSPS) is 17.6. The summed E-state index contributed by atoms with van der Waals surface area (Å²) in [4.78, 5) is 11.1. The average Bonchev–Trinajstić information content (AvgIpc) is 3.58. The van der Waals surface area contributed by atoms with Crippen LogP contribution in [0, 0.1) is 0 Å². The number of aromatic amines is 2. The van der Waals surface area contributed by atoms with Crippen LogP contribution in [0.3, 0.4) is 0 Å². The van der Waals surface area contributed by atoms with E-state index in [0.717, 1.165) is 49.1 Å². The molecule has 6 rings (SSSR count). The Bertz CT molecular complexity index is 1790. The van der Waals surface area contributed by atoms with Crippen molar-refractivity contribution in [1.82, 2.24) is 19.8 Å². The summed E-state index contributed by atoms with van der Waals surface area (Å²) in [5.41, 5.74) is -1.24. The van der Waals surface area contributed by atoms with E-state index in [-0.39, 0.29) is 17.1 Å². The minimum absolute atomic E-state index is 0.131. The first kappa shape index (κ1) is 31.7. The van der Waals surface area contributed by atoms with Crippen LogP contribution < -0.4 is 0 Å². The third-order valence-electron chi connectivity index (χ3n) is 9.25. The number of aliphatic hydroxyl groups is 1. The monoisotopic (exact) mass is 682 g/mol. The van der Waals surface area contributed by atoms with Crippen molar-refractivity contribution >= 4 is 37.7 Å². The zero-order valence-corrected chi connectivity index (χ0v) is 27.1. The van der Waals surface area contributed by atoms with Crippen LogP contribution in [0.2, 0.25) is 0 Å². The summed E-state index contributed by atoms with van der Waals surface area (Å²) in [5, 5.41) is 24.4. The van der Waals surface area contributed by atoms with E-state index >= 15 is 13.2 Å². The number of aromatic hydroxyl groups is 1. The Morgan fingerprint density at radius 2 is 1.49 bits per heavy atom. The number of nitrogens with zero attached hydrogens (tertiary/aromatic N) is 2. The summed E-state index contributed by atoms with van der Waals surface area (Å²) < 4.78 is 47.0. The highest BCUT2D eigenvalue weighted by atomic mass is 79.9. The molecule has 1 saturated heterocycles. The molecule has 4 N–H and O–H groups in total. The maximum absolute atomic E-state index is 15.5. The predicted molar refractivity (Wildman–Crippen MR) is 176 cm³/mol. The Kier molecular flexibility index (Phi) is 8.31. The van der Waals surface area contributed by atoms with Crippen molar-refractivity contribution in [2.24, 2.45) is 0 Å². The third kappa shape index (κ3) is 6.25. The van der Waals surface area contributed by atoms with Gasteiger partial charge in [-0.05, 0) is 83.8 Å². The molecule has 1 aliphatic heterocycles. The van der Waals surface area contributed by atoms with E-state index < -0.39 is 29.5 Å². The summed E-state index contributed by atoms with van der Waals surface area (Å²) in [5.74, 6) is -1.65. The van der Waals surface area contributed by atoms with Gasteiger partial charge in [0.05, 0.1) is 5.92 Å². The second-order valence-electron chi connectivity index (χ2n) is 13.1. The predicted octanol–water partition coefficient (Wildman–Crippen LogP) is 7.66. The van der Waals surface area contributed by atoms with Gasteiger partial charge in [-0.25, -0.2) is 0 Å². The summed E-state index contributed by atoms with van der Waals surface area (Å²) >= 11 is 3.38. The number of benzene rings is 3. The minimum atomic E-state index is -5.03. The van der Waals surface area contributed by atoms with Crippen molar-refractivity contribution in [3.63, 3.8) is 0 Å². The van der Waals surface area contributed by atoms with E-state index in [2.05, 4.69) is 42.7 Å². The van der Waals surface area contributed by atoms with Crippen LogP contribution in [-0.2, 0) is 12.0 Å². The van der Waals surface area contributed by atoms with E-state index in [4.69, 9.17) is 0 Å². The number of para-hydroxylation sites is 1. The molecule has 3 heterocycles. The second kappa shape index (κ2) is 11.8. The van der Waals surface area contributed by atoms with Gasteiger partial charge in [0.1, 0.15) is 5.75 Å².